The lowest BCUT2D eigenvalue weighted by Gasteiger charge is -2.26. The molecule has 1 N–H and O–H groups in total. The van der Waals surface area contributed by atoms with Crippen LogP contribution in [0, 0.1) is 31.6 Å². The molecule has 3 fully saturated rings. The summed E-state index contributed by atoms with van der Waals surface area (Å²) in [5, 5.41) is 3.03. The molecule has 0 bridgehead atoms. The number of rotatable bonds is 8. The molecule has 7 nitrogen and oxygen atoms in total. The number of hydrogen-bond donors (Lipinski definition) is 1. The zero-order valence-electron chi connectivity index (χ0n) is 23.5. The second-order valence-corrected chi connectivity index (χ2v) is 11.8. The fourth-order valence-electron chi connectivity index (χ4n) is 6.67. The largest absolute Gasteiger partial charge is 0.406 e. The fourth-order valence-corrected chi connectivity index (χ4v) is 6.67. The van der Waals surface area contributed by atoms with E-state index in [-0.39, 0.29) is 24.9 Å². The Hall–Kier alpha value is -3.40. The van der Waals surface area contributed by atoms with Crippen LogP contribution in [-0.2, 0) is 9.59 Å². The molecule has 0 saturated carbocycles. The summed E-state index contributed by atoms with van der Waals surface area (Å²) >= 11 is 0. The first-order valence-corrected chi connectivity index (χ1v) is 14.3. The summed E-state index contributed by atoms with van der Waals surface area (Å²) in [6, 6.07) is 15.1. The Labute approximate surface area is 238 Å². The molecule has 0 aromatic heterocycles. The molecule has 4 atom stereocenters. The highest BCUT2D eigenvalue weighted by molar-refractivity contribution is 5.97. The maximum atomic E-state index is 13.3. The number of fused-ring (bicyclic) bond motifs is 1. The van der Waals surface area contributed by atoms with E-state index in [1.807, 2.05) is 67.3 Å². The average Bonchev–Trinajstić information content (AvgIpc) is 3.59. The first-order chi connectivity index (χ1) is 19.5. The van der Waals surface area contributed by atoms with Gasteiger partial charge in [0.15, 0.2) is 0 Å². The van der Waals surface area contributed by atoms with Crippen molar-refractivity contribution in [2.24, 2.45) is 17.8 Å². The van der Waals surface area contributed by atoms with Crippen LogP contribution in [0.3, 0.4) is 0 Å². The molecule has 0 aliphatic carbocycles. The Morgan fingerprint density at radius 1 is 0.927 bits per heavy atom. The molecular weight excluding hydrogens is 533 g/mol. The third kappa shape index (κ3) is 6.74. The topological polar surface area (TPSA) is 73.0 Å². The van der Waals surface area contributed by atoms with Gasteiger partial charge in [0.2, 0.25) is 11.8 Å². The van der Waals surface area contributed by atoms with E-state index in [1.165, 1.54) is 0 Å². The summed E-state index contributed by atoms with van der Waals surface area (Å²) in [7, 11) is 0. The van der Waals surface area contributed by atoms with Gasteiger partial charge in [0.25, 0.3) is 5.91 Å². The van der Waals surface area contributed by atoms with Crippen LogP contribution in [0.25, 0.3) is 0 Å². The number of carbonyl (C=O) groups is 3. The zero-order chi connectivity index (χ0) is 29.3. The molecule has 3 aliphatic rings. The molecule has 220 valence electrons. The van der Waals surface area contributed by atoms with Crippen LogP contribution >= 0.6 is 0 Å². The number of likely N-dealkylation sites (tertiary alicyclic amines) is 3. The van der Waals surface area contributed by atoms with Crippen LogP contribution in [0.2, 0.25) is 0 Å². The van der Waals surface area contributed by atoms with Gasteiger partial charge >= 0.3 is 6.18 Å². The highest BCUT2D eigenvalue weighted by Gasteiger charge is 2.43. The third-order valence-corrected chi connectivity index (χ3v) is 8.75. The van der Waals surface area contributed by atoms with Crippen molar-refractivity contribution in [2.75, 3.05) is 45.8 Å². The third-order valence-electron chi connectivity index (χ3n) is 8.75. The minimum Gasteiger partial charge on any atom is -0.349 e. The number of hydrogen-bond acceptors (Lipinski definition) is 4. The predicted molar refractivity (Wildman–Crippen MR) is 148 cm³/mol. The molecular formula is C31H37F3N4O3. The Kier molecular flexibility index (Phi) is 8.40. The van der Waals surface area contributed by atoms with Gasteiger partial charge in [0.05, 0.1) is 12.0 Å². The van der Waals surface area contributed by atoms with Crippen molar-refractivity contribution in [3.05, 3.63) is 70.8 Å². The number of nitrogens with zero attached hydrogens (tertiary/aromatic N) is 3. The van der Waals surface area contributed by atoms with E-state index in [0.717, 1.165) is 59.9 Å². The maximum Gasteiger partial charge on any atom is 0.406 e. The van der Waals surface area contributed by atoms with Crippen LogP contribution < -0.4 is 5.32 Å². The van der Waals surface area contributed by atoms with E-state index in [0.29, 0.717) is 18.3 Å². The van der Waals surface area contributed by atoms with Crippen LogP contribution in [0.4, 0.5) is 13.2 Å². The van der Waals surface area contributed by atoms with Gasteiger partial charge in [-0.1, -0.05) is 48.5 Å². The first-order valence-electron chi connectivity index (χ1n) is 14.3. The van der Waals surface area contributed by atoms with E-state index >= 15 is 0 Å². The number of carbonyl (C=O) groups excluding carboxylic acids is 3. The Balaban J connectivity index is 1.16. The van der Waals surface area contributed by atoms with Crippen LogP contribution in [0.1, 0.15) is 45.9 Å². The van der Waals surface area contributed by atoms with Crippen LogP contribution in [-0.4, -0.2) is 84.4 Å². The quantitative estimate of drug-likeness (QED) is 0.522. The summed E-state index contributed by atoms with van der Waals surface area (Å²) in [6.45, 7) is 6.35. The maximum absolute atomic E-state index is 13.3. The van der Waals surface area contributed by atoms with Crippen molar-refractivity contribution in [1.29, 1.82) is 0 Å². The molecule has 0 spiro atoms. The molecule has 2 aromatic rings. The molecule has 3 saturated heterocycles. The summed E-state index contributed by atoms with van der Waals surface area (Å²) in [5.41, 5.74) is 3.72. The summed E-state index contributed by atoms with van der Waals surface area (Å²) in [4.78, 5) is 43.6. The molecule has 2 aromatic carbocycles. The normalized spacial score (nSPS) is 23.6. The lowest BCUT2D eigenvalue weighted by Crippen LogP contribution is -2.39. The lowest BCUT2D eigenvalue weighted by atomic mass is 10.0. The van der Waals surface area contributed by atoms with Crippen molar-refractivity contribution in [3.8, 4) is 0 Å². The van der Waals surface area contributed by atoms with E-state index in [4.69, 9.17) is 0 Å². The number of benzene rings is 2. The number of amides is 3. The summed E-state index contributed by atoms with van der Waals surface area (Å²) < 4.78 is 38.5. The minimum atomic E-state index is -4.49. The van der Waals surface area contributed by atoms with Gasteiger partial charge in [-0.25, -0.2) is 0 Å². The number of alkyl halides is 3. The minimum absolute atomic E-state index is 0.104. The Morgan fingerprint density at radius 2 is 1.56 bits per heavy atom. The van der Waals surface area contributed by atoms with Crippen LogP contribution in [0.15, 0.2) is 48.5 Å². The van der Waals surface area contributed by atoms with Gasteiger partial charge in [-0.2, -0.15) is 13.2 Å². The summed E-state index contributed by atoms with van der Waals surface area (Å²) in [6.07, 6.45) is -4.07. The second kappa shape index (κ2) is 11.8. The van der Waals surface area contributed by atoms with Crippen LogP contribution in [0.5, 0.6) is 0 Å². The van der Waals surface area contributed by atoms with Gasteiger partial charge in [-0.05, 0) is 48.8 Å². The lowest BCUT2D eigenvalue weighted by molar-refractivity contribution is -0.157. The molecule has 41 heavy (non-hydrogen) atoms. The van der Waals surface area contributed by atoms with Gasteiger partial charge in [-0.15, -0.1) is 0 Å². The van der Waals surface area contributed by atoms with Gasteiger partial charge in [0.1, 0.15) is 6.54 Å². The number of nitrogens with one attached hydrogen (secondary N) is 1. The predicted octanol–water partition coefficient (Wildman–Crippen LogP) is 3.97. The van der Waals surface area contributed by atoms with Crippen molar-refractivity contribution in [3.63, 3.8) is 0 Å². The monoisotopic (exact) mass is 570 g/mol. The fraction of sp³-hybridized carbons (Fsp3) is 0.516. The van der Waals surface area contributed by atoms with Gasteiger partial charge < -0.3 is 20.0 Å². The highest BCUT2D eigenvalue weighted by atomic mass is 19.4. The van der Waals surface area contributed by atoms with E-state index in [9.17, 15) is 27.6 Å². The Bertz CT molecular complexity index is 1250. The van der Waals surface area contributed by atoms with E-state index < -0.39 is 30.5 Å². The number of halogens is 3. The van der Waals surface area contributed by atoms with Crippen molar-refractivity contribution < 1.29 is 27.6 Å². The highest BCUT2D eigenvalue weighted by Crippen LogP contribution is 2.33. The van der Waals surface area contributed by atoms with E-state index in [2.05, 4.69) is 10.2 Å². The average molecular weight is 571 g/mol. The molecule has 3 aliphatic heterocycles. The SMILES string of the molecule is Cc1cccc(C)c1C(=O)N1CC2CN(CC[C@H](NC(=O)C3CC(=O)N(CC(F)(F)F)C3)c3ccccc3)CC2C1. The first kappa shape index (κ1) is 29.1. The smallest absolute Gasteiger partial charge is 0.349 e. The van der Waals surface area contributed by atoms with E-state index in [1.54, 1.807) is 0 Å². The zero-order valence-corrected chi connectivity index (χ0v) is 23.5. The van der Waals surface area contributed by atoms with Gasteiger partial charge in [0, 0.05) is 51.3 Å². The van der Waals surface area contributed by atoms with Crippen molar-refractivity contribution >= 4 is 17.7 Å². The molecule has 10 heteroatoms. The van der Waals surface area contributed by atoms with Crippen molar-refractivity contribution in [1.82, 2.24) is 20.0 Å². The van der Waals surface area contributed by atoms with Crippen molar-refractivity contribution in [2.45, 2.75) is 38.9 Å². The molecule has 0 radical (unpaired) electrons. The molecule has 3 heterocycles. The standard InChI is InChI=1S/C31H37F3N4O3/c1-20-7-6-8-21(2)28(20)30(41)37-17-24-14-36(15-25(24)18-37)12-11-26(22-9-4-3-5-10-22)35-29(40)23-13-27(39)38(16-23)19-31(32,33)34/h3-10,23-26H,11-19H2,1-2H3,(H,35,40)/t23?,24?,25?,26-/m0/s1. The number of aryl methyl sites for hydroxylation is 2. The Morgan fingerprint density at radius 3 is 2.17 bits per heavy atom. The molecule has 3 amide bonds. The summed E-state index contributed by atoms with van der Waals surface area (Å²) in [5.74, 6) is -0.937. The second-order valence-electron chi connectivity index (χ2n) is 11.8. The van der Waals surface area contributed by atoms with Gasteiger partial charge in [-0.3, -0.25) is 14.4 Å². The molecule has 3 unspecified atom stereocenters. The molecule has 5 rings (SSSR count).